The molecule has 2 rings (SSSR count). The van der Waals surface area contributed by atoms with Gasteiger partial charge in [0, 0.05) is 22.7 Å². The first kappa shape index (κ1) is 18.4. The second-order valence-corrected chi connectivity index (χ2v) is 5.41. The van der Waals surface area contributed by atoms with Crippen LogP contribution in [0, 0.1) is 6.92 Å². The van der Waals surface area contributed by atoms with Crippen LogP contribution in [0.1, 0.15) is 5.56 Å². The first-order valence-corrected chi connectivity index (χ1v) is 7.46. The molecule has 132 valence electrons. The fourth-order valence-electron chi connectivity index (χ4n) is 2.15. The molecular formula is C16H21NO7. The second kappa shape index (κ2) is 8.22. The van der Waals surface area contributed by atoms with Crippen molar-refractivity contribution in [3.05, 3.63) is 40.2 Å². The van der Waals surface area contributed by atoms with Gasteiger partial charge in [-0.1, -0.05) is 0 Å². The molecule has 0 aliphatic rings. The highest BCUT2D eigenvalue weighted by atomic mass is 16.6. The largest absolute Gasteiger partial charge is 0.422 e. The van der Waals surface area contributed by atoms with Crippen molar-refractivity contribution >= 4 is 16.7 Å². The third-order valence-electron chi connectivity index (χ3n) is 3.52. The average Bonchev–Trinajstić information content (AvgIpc) is 2.58. The van der Waals surface area contributed by atoms with E-state index in [1.54, 1.807) is 31.2 Å². The Morgan fingerprint density at radius 3 is 2.62 bits per heavy atom. The number of anilines is 1. The zero-order valence-electron chi connectivity index (χ0n) is 13.2. The van der Waals surface area contributed by atoms with Crippen molar-refractivity contribution in [1.82, 2.24) is 0 Å². The van der Waals surface area contributed by atoms with E-state index >= 15 is 0 Å². The van der Waals surface area contributed by atoms with Gasteiger partial charge in [-0.2, -0.15) is 0 Å². The van der Waals surface area contributed by atoms with Crippen molar-refractivity contribution < 1.29 is 29.6 Å². The molecule has 0 saturated heterocycles. The Bertz CT molecular complexity index is 730. The Morgan fingerprint density at radius 2 is 1.96 bits per heavy atom. The highest BCUT2D eigenvalue weighted by molar-refractivity contribution is 5.80. The fourth-order valence-corrected chi connectivity index (χ4v) is 2.15. The summed E-state index contributed by atoms with van der Waals surface area (Å²) in [5.41, 5.74) is 1.12. The molecular weight excluding hydrogens is 318 g/mol. The van der Waals surface area contributed by atoms with Crippen LogP contribution in [0.4, 0.5) is 5.69 Å². The summed E-state index contributed by atoms with van der Waals surface area (Å²) in [6.45, 7) is 0.507. The normalized spacial score (nSPS) is 15.2. The predicted molar refractivity (Wildman–Crippen MR) is 86.8 cm³/mol. The highest BCUT2D eigenvalue weighted by Crippen LogP contribution is 2.18. The lowest BCUT2D eigenvalue weighted by Gasteiger charge is -2.23. The highest BCUT2D eigenvalue weighted by Gasteiger charge is 2.21. The number of aryl methyl sites for hydroxylation is 1. The van der Waals surface area contributed by atoms with Crippen molar-refractivity contribution in [2.24, 2.45) is 0 Å². The van der Waals surface area contributed by atoms with Crippen LogP contribution in [0.25, 0.3) is 11.0 Å². The Labute approximate surface area is 137 Å². The summed E-state index contributed by atoms with van der Waals surface area (Å²) >= 11 is 0. The minimum absolute atomic E-state index is 0.0315. The van der Waals surface area contributed by atoms with Crippen LogP contribution in [0.5, 0.6) is 0 Å². The van der Waals surface area contributed by atoms with Crippen molar-refractivity contribution in [2.75, 3.05) is 25.1 Å². The fraction of sp³-hybridized carbons (Fsp3) is 0.438. The molecule has 0 amide bonds. The van der Waals surface area contributed by atoms with Crippen LogP contribution in [0.3, 0.4) is 0 Å². The van der Waals surface area contributed by atoms with Gasteiger partial charge in [0.05, 0.1) is 19.8 Å². The Kier molecular flexibility index (Phi) is 6.29. The predicted octanol–water partition coefficient (Wildman–Crippen LogP) is -0.438. The maximum absolute atomic E-state index is 11.5. The number of ether oxygens (including phenoxy) is 1. The molecule has 0 radical (unpaired) electrons. The molecule has 0 fully saturated rings. The molecule has 3 atom stereocenters. The number of aliphatic hydroxyl groups excluding tert-OH is 4. The van der Waals surface area contributed by atoms with E-state index in [0.717, 1.165) is 5.39 Å². The third-order valence-corrected chi connectivity index (χ3v) is 3.52. The van der Waals surface area contributed by atoms with Gasteiger partial charge in [-0.25, -0.2) is 4.79 Å². The van der Waals surface area contributed by atoms with Crippen LogP contribution in [0.15, 0.2) is 33.5 Å². The standard InChI is InChI=1S/C16H21NO7/c1-9-4-10-2-3-11(5-13(10)24-16(9)22)17-6-15(21)23-14(8-19)12(20)7-18/h2-5,12,14-15,17-21H,6-8H2,1H3/t12-,14?,15?/m0/s1. The summed E-state index contributed by atoms with van der Waals surface area (Å²) in [4.78, 5) is 11.5. The molecule has 2 unspecified atom stereocenters. The third kappa shape index (κ3) is 4.53. The molecule has 0 saturated carbocycles. The van der Waals surface area contributed by atoms with E-state index in [-0.39, 0.29) is 6.54 Å². The van der Waals surface area contributed by atoms with E-state index in [4.69, 9.17) is 19.4 Å². The molecule has 8 heteroatoms. The maximum atomic E-state index is 11.5. The summed E-state index contributed by atoms with van der Waals surface area (Å²) in [6.07, 6.45) is -3.70. The smallest absolute Gasteiger partial charge is 0.339 e. The summed E-state index contributed by atoms with van der Waals surface area (Å²) in [7, 11) is 0. The Hall–Kier alpha value is -1.97. The number of benzene rings is 1. The molecule has 2 aromatic rings. The lowest BCUT2D eigenvalue weighted by molar-refractivity contribution is -0.174. The van der Waals surface area contributed by atoms with Crippen LogP contribution >= 0.6 is 0 Å². The number of aliphatic hydroxyl groups is 4. The number of hydrogen-bond donors (Lipinski definition) is 5. The average molecular weight is 339 g/mol. The molecule has 1 heterocycles. The number of hydrogen-bond acceptors (Lipinski definition) is 8. The summed E-state index contributed by atoms with van der Waals surface area (Å²) < 4.78 is 10.2. The molecule has 1 aromatic heterocycles. The number of rotatable bonds is 8. The van der Waals surface area contributed by atoms with Crippen molar-refractivity contribution in [1.29, 1.82) is 0 Å². The zero-order valence-corrected chi connectivity index (χ0v) is 13.2. The van der Waals surface area contributed by atoms with Crippen LogP contribution in [0.2, 0.25) is 0 Å². The first-order chi connectivity index (χ1) is 11.4. The number of fused-ring (bicyclic) bond motifs is 1. The summed E-state index contributed by atoms with van der Waals surface area (Å²) in [6, 6.07) is 6.87. The monoisotopic (exact) mass is 339 g/mol. The molecule has 0 spiro atoms. The number of nitrogens with one attached hydrogen (secondary N) is 1. The van der Waals surface area contributed by atoms with Crippen LogP contribution < -0.4 is 10.9 Å². The first-order valence-electron chi connectivity index (χ1n) is 7.46. The van der Waals surface area contributed by atoms with Gasteiger partial charge in [0.15, 0.2) is 6.29 Å². The zero-order chi connectivity index (χ0) is 17.7. The molecule has 1 aromatic carbocycles. The van der Waals surface area contributed by atoms with Gasteiger partial charge in [0.1, 0.15) is 17.8 Å². The summed E-state index contributed by atoms with van der Waals surface area (Å²) in [5, 5.41) is 40.8. The van der Waals surface area contributed by atoms with Gasteiger partial charge in [-0.05, 0) is 25.1 Å². The van der Waals surface area contributed by atoms with Gasteiger partial charge in [0.2, 0.25) is 0 Å². The minimum atomic E-state index is -1.32. The Morgan fingerprint density at radius 1 is 1.21 bits per heavy atom. The van der Waals surface area contributed by atoms with E-state index < -0.39 is 37.3 Å². The Balaban J connectivity index is 1.99. The van der Waals surface area contributed by atoms with Crippen molar-refractivity contribution in [2.45, 2.75) is 25.4 Å². The minimum Gasteiger partial charge on any atom is -0.422 e. The lowest BCUT2D eigenvalue weighted by Crippen LogP contribution is -2.40. The molecule has 0 aliphatic carbocycles. The van der Waals surface area contributed by atoms with E-state index in [2.05, 4.69) is 5.32 Å². The molecule has 0 aliphatic heterocycles. The van der Waals surface area contributed by atoms with Gasteiger partial charge < -0.3 is 34.9 Å². The van der Waals surface area contributed by atoms with Crippen LogP contribution in [-0.4, -0.2) is 58.7 Å². The maximum Gasteiger partial charge on any atom is 0.339 e. The van der Waals surface area contributed by atoms with E-state index in [9.17, 15) is 15.0 Å². The lowest BCUT2D eigenvalue weighted by atomic mass is 10.2. The van der Waals surface area contributed by atoms with Gasteiger partial charge in [0.25, 0.3) is 0 Å². The van der Waals surface area contributed by atoms with Crippen LogP contribution in [-0.2, 0) is 4.74 Å². The van der Waals surface area contributed by atoms with Gasteiger partial charge >= 0.3 is 5.63 Å². The quantitative estimate of drug-likeness (QED) is 0.323. The topological polar surface area (TPSA) is 132 Å². The van der Waals surface area contributed by atoms with Crippen molar-refractivity contribution in [3.63, 3.8) is 0 Å². The summed E-state index contributed by atoms with van der Waals surface area (Å²) in [5.74, 6) is 0. The molecule has 5 N–H and O–H groups in total. The van der Waals surface area contributed by atoms with E-state index in [1.165, 1.54) is 0 Å². The van der Waals surface area contributed by atoms with E-state index in [0.29, 0.717) is 16.8 Å². The second-order valence-electron chi connectivity index (χ2n) is 5.41. The molecule has 8 nitrogen and oxygen atoms in total. The van der Waals surface area contributed by atoms with Gasteiger partial charge in [-0.3, -0.25) is 0 Å². The van der Waals surface area contributed by atoms with E-state index in [1.807, 2.05) is 0 Å². The molecule has 24 heavy (non-hydrogen) atoms. The van der Waals surface area contributed by atoms with Crippen molar-refractivity contribution in [3.8, 4) is 0 Å². The SMILES string of the molecule is Cc1cc2ccc(NCC(O)OC(CO)[C@@H](O)CO)cc2oc1=O. The molecule has 0 bridgehead atoms. The van der Waals surface area contributed by atoms with Gasteiger partial charge in [-0.15, -0.1) is 0 Å².